The van der Waals surface area contributed by atoms with Crippen LogP contribution in [0.15, 0.2) is 0 Å². The topological polar surface area (TPSA) is 74.7 Å². The van der Waals surface area contributed by atoms with Crippen LogP contribution in [0, 0.1) is 18.3 Å². The third-order valence-corrected chi connectivity index (χ3v) is 4.84. The number of nitrogens with zero attached hydrogens (tertiary/aromatic N) is 1. The van der Waals surface area contributed by atoms with Gasteiger partial charge in [0.15, 0.2) is 0 Å². The molecule has 1 aliphatic carbocycles. The Morgan fingerprint density at radius 3 is 2.32 bits per heavy atom. The van der Waals surface area contributed by atoms with E-state index >= 15 is 0 Å². The molecule has 19 heavy (non-hydrogen) atoms. The summed E-state index contributed by atoms with van der Waals surface area (Å²) in [6.45, 7) is 0.233. The van der Waals surface area contributed by atoms with Crippen molar-refractivity contribution in [3.63, 3.8) is 0 Å². The van der Waals surface area contributed by atoms with Gasteiger partial charge in [0.05, 0.1) is 6.26 Å². The Labute approximate surface area is 190 Å². The molecule has 0 amide bonds. The van der Waals surface area contributed by atoms with Crippen molar-refractivity contribution < 1.29 is 116 Å². The molecular weight excluding hydrogens is 497 g/mol. The predicted molar refractivity (Wildman–Crippen MR) is 58.1 cm³/mol. The molecule has 3 unspecified atom stereocenters. The Kier molecular flexibility index (Phi) is 12.3. The molecule has 0 bridgehead atoms. The van der Waals surface area contributed by atoms with Gasteiger partial charge in [0, 0.05) is 98.1 Å². The van der Waals surface area contributed by atoms with Crippen LogP contribution in [-0.4, -0.2) is 42.6 Å². The van der Waals surface area contributed by atoms with Gasteiger partial charge >= 0.3 is 5.97 Å². The molecule has 0 spiro atoms. The molecule has 2 fully saturated rings. The van der Waals surface area contributed by atoms with Gasteiger partial charge in [-0.1, -0.05) is 19.3 Å². The van der Waals surface area contributed by atoms with Crippen LogP contribution in [0.1, 0.15) is 19.3 Å². The molecule has 1 aliphatic heterocycles. The zero-order valence-corrected chi connectivity index (χ0v) is 20.2. The first-order valence-corrected chi connectivity index (χ1v) is 7.29. The maximum atomic E-state index is 11.5. The molecule has 3 atom stereocenters. The summed E-state index contributed by atoms with van der Waals surface area (Å²) in [6.07, 6.45) is 5.83. The normalized spacial score (nSPS) is 30.3. The molecule has 9 heteroatoms. The number of aliphatic carboxylic acids is 1. The third kappa shape index (κ3) is 5.67. The zero-order valence-electron chi connectivity index (χ0n) is 10.9. The van der Waals surface area contributed by atoms with E-state index in [1.807, 2.05) is 6.42 Å². The van der Waals surface area contributed by atoms with Crippen molar-refractivity contribution >= 4 is 16.0 Å². The summed E-state index contributed by atoms with van der Waals surface area (Å²) < 4.78 is 24.2. The molecule has 0 aromatic rings. The third-order valence-electron chi connectivity index (χ3n) is 3.61. The first-order valence-electron chi connectivity index (χ1n) is 5.44. The van der Waals surface area contributed by atoms with E-state index in [0.29, 0.717) is 0 Å². The minimum Gasteiger partial charge on any atom is -0.480 e. The van der Waals surface area contributed by atoms with E-state index in [2.05, 4.69) is 0 Å². The quantitative estimate of drug-likeness (QED) is 0.541. The molecule has 1 saturated heterocycles. The zero-order chi connectivity index (χ0) is 11.9. The number of carboxylic acids is 1. The van der Waals surface area contributed by atoms with E-state index in [-0.39, 0.29) is 117 Å². The Bertz CT molecular complexity index is 404. The van der Waals surface area contributed by atoms with Crippen LogP contribution in [0.4, 0.5) is 0 Å². The number of carbonyl (C=O) groups is 1. The van der Waals surface area contributed by atoms with Gasteiger partial charge in [-0.15, -0.1) is 6.54 Å². The van der Waals surface area contributed by atoms with E-state index in [0.717, 1.165) is 29.8 Å². The molecule has 2 aliphatic rings. The Hall–Kier alpha value is 2.69. The first kappa shape index (κ1) is 24.0. The van der Waals surface area contributed by atoms with Crippen molar-refractivity contribution in [2.45, 2.75) is 25.3 Å². The summed E-state index contributed by atoms with van der Waals surface area (Å²) in [5.41, 5.74) is 0. The first-order chi connectivity index (χ1) is 7.41. The minimum absolute atomic E-state index is 0. The van der Waals surface area contributed by atoms with Crippen molar-refractivity contribution in [3.8, 4) is 0 Å². The molecular formula is C10H16NO4SY3-. The second kappa shape index (κ2) is 9.75. The monoisotopic (exact) mass is 513 g/mol. The number of hydrogen-bond acceptors (Lipinski definition) is 3. The van der Waals surface area contributed by atoms with Crippen LogP contribution in [0.2, 0.25) is 0 Å². The fraction of sp³-hybridized carbons (Fsp3) is 0.800. The van der Waals surface area contributed by atoms with Gasteiger partial charge in [-0.2, -0.15) is 5.92 Å². The van der Waals surface area contributed by atoms with Crippen LogP contribution >= 0.6 is 0 Å². The van der Waals surface area contributed by atoms with E-state index in [1.165, 1.54) is 0 Å². The molecule has 1 heterocycles. The fourth-order valence-corrected chi connectivity index (χ4v) is 3.93. The van der Waals surface area contributed by atoms with Gasteiger partial charge in [-0.3, -0.25) is 4.79 Å². The van der Waals surface area contributed by atoms with Gasteiger partial charge in [-0.05, 0) is 5.92 Å². The molecule has 0 aromatic carbocycles. The molecule has 1 saturated carbocycles. The van der Waals surface area contributed by atoms with Gasteiger partial charge in [0.2, 0.25) is 10.0 Å². The van der Waals surface area contributed by atoms with E-state index < -0.39 is 22.0 Å². The second-order valence-electron chi connectivity index (χ2n) is 4.61. The van der Waals surface area contributed by atoms with E-state index in [1.54, 1.807) is 0 Å². The van der Waals surface area contributed by atoms with Crippen LogP contribution in [-0.2, 0) is 113 Å². The van der Waals surface area contributed by atoms with Crippen molar-refractivity contribution in [1.29, 1.82) is 0 Å². The second-order valence-corrected chi connectivity index (χ2v) is 6.55. The minimum atomic E-state index is -3.44. The molecule has 5 nitrogen and oxygen atoms in total. The van der Waals surface area contributed by atoms with Crippen LogP contribution in [0.3, 0.4) is 0 Å². The molecule has 0 aromatic heterocycles. The summed E-state index contributed by atoms with van der Waals surface area (Å²) in [4.78, 5) is 11.2. The van der Waals surface area contributed by atoms with Crippen molar-refractivity contribution in [2.75, 3.05) is 12.8 Å². The Balaban J connectivity index is 0. The number of fused-ring (bicyclic) bond motifs is 1. The number of rotatable bonds is 2. The molecule has 2 rings (SSSR count). The van der Waals surface area contributed by atoms with Crippen LogP contribution < -0.4 is 0 Å². The van der Waals surface area contributed by atoms with Gasteiger partial charge in [0.25, 0.3) is 0 Å². The number of carboxylic acid groups (broad SMARTS) is 1. The smallest absolute Gasteiger partial charge is 0.322 e. The summed E-state index contributed by atoms with van der Waals surface area (Å²) in [5, 5.41) is 9.20. The van der Waals surface area contributed by atoms with Crippen molar-refractivity contribution in [1.82, 2.24) is 4.31 Å². The number of sulfonamides is 1. The maximum absolute atomic E-state index is 11.5. The molecule has 3 radical (unpaired) electrons. The molecule has 1 N–H and O–H groups in total. The van der Waals surface area contributed by atoms with Gasteiger partial charge < -0.3 is 11.5 Å². The summed E-state index contributed by atoms with van der Waals surface area (Å²) >= 11 is 0. The van der Waals surface area contributed by atoms with E-state index in [4.69, 9.17) is 0 Å². The standard InChI is InChI=1S/C10H16NO4S.3Y/c1-16(14,15)11-6-5-7-3-2-4-8(7)9(11)10(12)13;;;/h5,7-9H,2-4,6H2,1H3,(H,12,13);;;/q-1;;;. The van der Waals surface area contributed by atoms with Crippen LogP contribution in [0.5, 0.6) is 0 Å². The van der Waals surface area contributed by atoms with Crippen molar-refractivity contribution in [2.24, 2.45) is 11.8 Å². The Morgan fingerprint density at radius 2 is 1.84 bits per heavy atom. The predicted octanol–water partition coefficient (Wildman–Crippen LogP) is 0.328. The average molecular weight is 513 g/mol. The van der Waals surface area contributed by atoms with E-state index in [9.17, 15) is 18.3 Å². The van der Waals surface area contributed by atoms with Crippen molar-refractivity contribution in [3.05, 3.63) is 6.42 Å². The average Bonchev–Trinajstić information content (AvgIpc) is 2.61. The van der Waals surface area contributed by atoms with Gasteiger partial charge in [0.1, 0.15) is 6.04 Å². The van der Waals surface area contributed by atoms with Crippen LogP contribution in [0.25, 0.3) is 0 Å². The number of hydrogen-bond donors (Lipinski definition) is 1. The largest absolute Gasteiger partial charge is 0.480 e. The van der Waals surface area contributed by atoms with Gasteiger partial charge in [-0.25, -0.2) is 12.7 Å². The summed E-state index contributed by atoms with van der Waals surface area (Å²) in [7, 11) is -3.44. The molecule has 101 valence electrons. The summed E-state index contributed by atoms with van der Waals surface area (Å²) in [6, 6.07) is -0.868. The summed E-state index contributed by atoms with van der Waals surface area (Å²) in [5.74, 6) is -0.782. The SMILES string of the molecule is CS(=O)(=O)N1C[CH-]C2CCCC2C1C(=O)O.[Y].[Y].[Y]. The Morgan fingerprint density at radius 1 is 1.26 bits per heavy atom. The maximum Gasteiger partial charge on any atom is 0.322 e. The number of piperidine rings is 1. The fourth-order valence-electron chi connectivity index (χ4n) is 2.92.